The van der Waals surface area contributed by atoms with Crippen molar-refractivity contribution < 1.29 is 41.0 Å². The van der Waals surface area contributed by atoms with Gasteiger partial charge in [-0.25, -0.2) is 0 Å². The van der Waals surface area contributed by atoms with E-state index in [-0.39, 0.29) is 23.3 Å². The Labute approximate surface area is 273 Å². The van der Waals surface area contributed by atoms with Crippen LogP contribution in [0.2, 0.25) is 10.0 Å². The summed E-state index contributed by atoms with van der Waals surface area (Å²) in [6, 6.07) is 15.9. The number of likely N-dealkylation sites (tertiary alicyclic amines) is 1. The number of ether oxygens (including phenoxy) is 1. The van der Waals surface area contributed by atoms with Gasteiger partial charge in [-0.3, -0.25) is 0 Å². The number of halogens is 8. The molecule has 250 valence electrons. The number of rotatable bonds is 11. The zero-order chi connectivity index (χ0) is 33.8. The highest BCUT2D eigenvalue weighted by Crippen LogP contribution is 2.38. The number of nitrogens with zero attached hydrogens (tertiary/aromatic N) is 2. The molecule has 0 spiro atoms. The molecule has 5 nitrogen and oxygen atoms in total. The van der Waals surface area contributed by atoms with Crippen LogP contribution >= 0.6 is 23.2 Å². The summed E-state index contributed by atoms with van der Waals surface area (Å²) in [4.78, 5) is 7.34. The van der Waals surface area contributed by atoms with Gasteiger partial charge in [0.25, 0.3) is 0 Å². The quantitative estimate of drug-likeness (QED) is 0.124. The number of benzene rings is 3. The lowest BCUT2D eigenvalue weighted by Gasteiger charge is -2.40. The Morgan fingerprint density at radius 2 is 1.48 bits per heavy atom. The molecule has 1 atom stereocenters. The van der Waals surface area contributed by atoms with E-state index in [0.29, 0.717) is 67.3 Å². The smallest absolute Gasteiger partial charge is 0.399 e. The van der Waals surface area contributed by atoms with Crippen molar-refractivity contribution in [3.8, 4) is 0 Å². The second-order valence-corrected chi connectivity index (χ2v) is 12.4. The third-order valence-corrected chi connectivity index (χ3v) is 9.21. The number of oxime groups is 1. The molecule has 3 aromatic rings. The first kappa shape index (κ1) is 36.0. The van der Waals surface area contributed by atoms with E-state index in [1.165, 1.54) is 7.11 Å². The van der Waals surface area contributed by atoms with Crippen LogP contribution in [0.5, 0.6) is 0 Å². The molecule has 0 bridgehead atoms. The van der Waals surface area contributed by atoms with Crippen LogP contribution in [0, 0.1) is 0 Å². The van der Waals surface area contributed by atoms with E-state index < -0.39 is 41.1 Å². The fourth-order valence-electron chi connectivity index (χ4n) is 5.62. The summed E-state index contributed by atoms with van der Waals surface area (Å²) in [5.41, 5.74) is -3.06. The zero-order valence-corrected chi connectivity index (χ0v) is 26.7. The molecule has 1 aliphatic heterocycles. The highest BCUT2D eigenvalue weighted by Gasteiger charge is 2.39. The summed E-state index contributed by atoms with van der Waals surface area (Å²) in [7, 11) is 1.33. The van der Waals surface area contributed by atoms with E-state index in [0.717, 1.165) is 5.56 Å². The summed E-state index contributed by atoms with van der Waals surface area (Å²) < 4.78 is 86.0. The lowest BCUT2D eigenvalue weighted by Crippen LogP contribution is -2.45. The average molecular weight is 692 g/mol. The van der Waals surface area contributed by atoms with E-state index in [2.05, 4.69) is 10.1 Å². The van der Waals surface area contributed by atoms with Crippen LogP contribution in [0.25, 0.3) is 0 Å². The van der Waals surface area contributed by atoms with E-state index in [9.17, 15) is 31.4 Å². The maximum Gasteiger partial charge on any atom is 0.416 e. The molecule has 1 fully saturated rings. The molecular weight excluding hydrogens is 657 g/mol. The molecule has 0 aliphatic carbocycles. The minimum atomic E-state index is -4.98. The third kappa shape index (κ3) is 8.74. The van der Waals surface area contributed by atoms with Crippen molar-refractivity contribution in [2.75, 3.05) is 33.4 Å². The maximum absolute atomic E-state index is 13.4. The van der Waals surface area contributed by atoms with Crippen LogP contribution < -0.4 is 0 Å². The Hall–Kier alpha value is -2.83. The fourth-order valence-corrected chi connectivity index (χ4v) is 5.92. The van der Waals surface area contributed by atoms with Crippen molar-refractivity contribution in [2.24, 2.45) is 5.16 Å². The minimum Gasteiger partial charge on any atom is -0.399 e. The Bertz CT molecular complexity index is 1480. The average Bonchev–Trinajstić information content (AvgIpc) is 3.01. The molecule has 1 unspecified atom stereocenters. The van der Waals surface area contributed by atoms with E-state index in [4.69, 9.17) is 32.8 Å². The first-order valence-electron chi connectivity index (χ1n) is 14.5. The van der Waals surface area contributed by atoms with Crippen molar-refractivity contribution in [1.29, 1.82) is 0 Å². The zero-order valence-electron chi connectivity index (χ0n) is 25.2. The van der Waals surface area contributed by atoms with Gasteiger partial charge < -0.3 is 19.6 Å². The third-order valence-electron chi connectivity index (χ3n) is 8.47. The highest BCUT2D eigenvalue weighted by atomic mass is 35.5. The molecule has 0 radical (unpaired) electrons. The van der Waals surface area contributed by atoms with Crippen molar-refractivity contribution in [3.05, 3.63) is 105 Å². The van der Waals surface area contributed by atoms with Crippen LogP contribution in [0.3, 0.4) is 0 Å². The van der Waals surface area contributed by atoms with Crippen LogP contribution in [-0.4, -0.2) is 49.1 Å². The van der Waals surface area contributed by atoms with Gasteiger partial charge in [-0.15, -0.1) is 0 Å². The molecule has 46 heavy (non-hydrogen) atoms. The van der Waals surface area contributed by atoms with Gasteiger partial charge in [0, 0.05) is 18.5 Å². The lowest BCUT2D eigenvalue weighted by atomic mass is 9.75. The van der Waals surface area contributed by atoms with Crippen LogP contribution in [0.1, 0.15) is 54.0 Å². The number of hydrogen-bond acceptors (Lipinski definition) is 5. The summed E-state index contributed by atoms with van der Waals surface area (Å²) in [6.07, 6.45) is -8.44. The summed E-state index contributed by atoms with van der Waals surface area (Å²) in [5.74, 6) is 0. The topological polar surface area (TPSA) is 54.3 Å². The highest BCUT2D eigenvalue weighted by molar-refractivity contribution is 6.42. The van der Waals surface area contributed by atoms with Gasteiger partial charge in [-0.2, -0.15) is 26.3 Å². The van der Waals surface area contributed by atoms with Gasteiger partial charge in [0.1, 0.15) is 7.11 Å². The van der Waals surface area contributed by atoms with Crippen molar-refractivity contribution in [3.63, 3.8) is 0 Å². The van der Waals surface area contributed by atoms with Crippen molar-refractivity contribution >= 4 is 28.9 Å². The number of piperidine rings is 1. The molecule has 0 saturated carbocycles. The molecule has 1 heterocycles. The molecule has 1 saturated heterocycles. The number of hydrogen-bond donors (Lipinski definition) is 1. The van der Waals surface area contributed by atoms with Crippen LogP contribution in [0.15, 0.2) is 71.9 Å². The van der Waals surface area contributed by atoms with Crippen LogP contribution in [-0.2, 0) is 39.5 Å². The Morgan fingerprint density at radius 1 is 0.870 bits per heavy atom. The summed E-state index contributed by atoms with van der Waals surface area (Å²) in [5, 5.41) is 16.1. The largest absolute Gasteiger partial charge is 0.416 e. The molecule has 13 heteroatoms. The SMILES string of the molecule is CO/N=C(\COCc1cc(C(F)(F)F)cc(C(F)(F)F)c1)C(C)(CCN1CCC(O)(c2ccccc2)CC1)c1ccc(Cl)c(Cl)c1. The standard InChI is InChI=1S/C33H34Cl2F6N2O3/c1-30(24-8-9-27(34)28(35)19-24,10-13-43-14-11-31(44,12-15-43)23-6-4-3-5-7-23)29(42-45-2)21-46-20-22-16-25(32(36,37)38)18-26(17-22)33(39,40)41/h3-9,16-19,44H,10-15,20-21H2,1-2H3/b42-29+. The lowest BCUT2D eigenvalue weighted by molar-refractivity contribution is -0.143. The van der Waals surface area contributed by atoms with Gasteiger partial charge in [-0.05, 0) is 79.8 Å². The first-order chi connectivity index (χ1) is 21.5. The number of alkyl halides is 6. The monoisotopic (exact) mass is 690 g/mol. The summed E-state index contributed by atoms with van der Waals surface area (Å²) in [6.45, 7) is 2.87. The number of aliphatic hydroxyl groups is 1. The Balaban J connectivity index is 1.54. The minimum absolute atomic E-state index is 0.0733. The first-order valence-corrected chi connectivity index (χ1v) is 15.2. The predicted molar refractivity (Wildman–Crippen MR) is 165 cm³/mol. The van der Waals surface area contributed by atoms with Gasteiger partial charge in [0.05, 0.1) is 45.7 Å². The predicted octanol–water partition coefficient (Wildman–Crippen LogP) is 8.88. The molecule has 4 rings (SSSR count). The molecule has 0 amide bonds. The summed E-state index contributed by atoms with van der Waals surface area (Å²) >= 11 is 12.6. The normalized spacial score (nSPS) is 17.5. The maximum atomic E-state index is 13.4. The van der Waals surface area contributed by atoms with Gasteiger partial charge in [0.2, 0.25) is 0 Å². The Kier molecular flexibility index (Phi) is 11.4. The second-order valence-electron chi connectivity index (χ2n) is 11.6. The Morgan fingerprint density at radius 3 is 2.02 bits per heavy atom. The van der Waals surface area contributed by atoms with Crippen molar-refractivity contribution in [2.45, 2.75) is 56.2 Å². The molecule has 1 aliphatic rings. The molecule has 1 N–H and O–H groups in total. The molecule has 0 aromatic heterocycles. The van der Waals surface area contributed by atoms with E-state index in [1.54, 1.807) is 18.2 Å². The fraction of sp³-hybridized carbons (Fsp3) is 0.424. The van der Waals surface area contributed by atoms with Gasteiger partial charge >= 0.3 is 12.4 Å². The molecule has 3 aromatic carbocycles. The van der Waals surface area contributed by atoms with Gasteiger partial charge in [0.15, 0.2) is 0 Å². The van der Waals surface area contributed by atoms with E-state index in [1.807, 2.05) is 37.3 Å². The van der Waals surface area contributed by atoms with Crippen LogP contribution in [0.4, 0.5) is 26.3 Å². The van der Waals surface area contributed by atoms with E-state index >= 15 is 0 Å². The van der Waals surface area contributed by atoms with Crippen molar-refractivity contribution in [1.82, 2.24) is 4.90 Å². The molecular formula is C33H34Cl2F6N2O3. The second kappa shape index (κ2) is 14.5. The van der Waals surface area contributed by atoms with Gasteiger partial charge in [-0.1, -0.05) is 64.8 Å².